The number of likely N-dealkylation sites (tertiary alicyclic amines) is 2. The second-order valence-corrected chi connectivity index (χ2v) is 12.4. The van der Waals surface area contributed by atoms with Gasteiger partial charge in [-0.05, 0) is 73.6 Å². The van der Waals surface area contributed by atoms with Gasteiger partial charge in [0.2, 0.25) is 11.8 Å². The number of hydrogen-bond donors (Lipinski definition) is 2. The van der Waals surface area contributed by atoms with Crippen molar-refractivity contribution in [3.63, 3.8) is 0 Å². The normalized spacial score (nSPS) is 21.8. The van der Waals surface area contributed by atoms with Crippen LogP contribution in [0.5, 0.6) is 0 Å². The first-order chi connectivity index (χ1) is 21.3. The molecule has 8 heteroatoms. The lowest BCUT2D eigenvalue weighted by Gasteiger charge is -2.25. The maximum atomic E-state index is 12.2. The summed E-state index contributed by atoms with van der Waals surface area (Å²) in [6.45, 7) is 7.49. The molecular weight excluding hydrogens is 548 g/mol. The van der Waals surface area contributed by atoms with Crippen molar-refractivity contribution in [1.29, 1.82) is 0 Å². The number of benzene rings is 3. The third-order valence-electron chi connectivity index (χ3n) is 9.54. The first-order valence-corrected chi connectivity index (χ1v) is 15.6. The molecule has 0 unspecified atom stereocenters. The quantitative estimate of drug-likeness (QED) is 0.224. The average Bonchev–Trinajstić information content (AvgIpc) is 3.82. The van der Waals surface area contributed by atoms with Gasteiger partial charge >= 0.3 is 0 Å². The van der Waals surface area contributed by atoms with Crippen LogP contribution in [0.25, 0.3) is 44.4 Å². The zero-order valence-corrected chi connectivity index (χ0v) is 25.7. The Kier molecular flexibility index (Phi) is 7.07. The van der Waals surface area contributed by atoms with E-state index in [1.807, 2.05) is 22.2 Å². The van der Waals surface area contributed by atoms with E-state index in [4.69, 9.17) is 9.97 Å². The Labute approximate surface area is 257 Å². The predicted octanol–water partition coefficient (Wildman–Crippen LogP) is 7.43. The molecule has 0 saturated carbocycles. The fourth-order valence-corrected chi connectivity index (χ4v) is 7.29. The summed E-state index contributed by atoms with van der Waals surface area (Å²) in [7, 11) is 0. The minimum atomic E-state index is 0.00828. The smallest absolute Gasteiger partial charge is 0.220 e. The van der Waals surface area contributed by atoms with Gasteiger partial charge in [-0.15, -0.1) is 0 Å². The largest absolute Gasteiger partial charge is 0.346 e. The number of aromatic amines is 2. The molecule has 2 saturated heterocycles. The number of amides is 2. The maximum absolute atomic E-state index is 12.2. The zero-order chi connectivity index (χ0) is 30.5. The Bertz CT molecular complexity index is 1850. The molecule has 8 nitrogen and oxygen atoms in total. The van der Waals surface area contributed by atoms with Crippen molar-refractivity contribution in [3.8, 4) is 33.6 Å². The van der Waals surface area contributed by atoms with E-state index >= 15 is 0 Å². The molecule has 2 aromatic heterocycles. The molecule has 2 aliphatic heterocycles. The van der Waals surface area contributed by atoms with Gasteiger partial charge in [-0.1, -0.05) is 48.5 Å². The average molecular weight is 587 g/mol. The molecule has 4 atom stereocenters. The number of carbonyl (C=O) groups excluding carboxylic acids is 2. The van der Waals surface area contributed by atoms with E-state index in [1.165, 1.54) is 0 Å². The van der Waals surface area contributed by atoms with E-state index in [0.717, 1.165) is 81.7 Å². The highest BCUT2D eigenvalue weighted by Gasteiger charge is 2.36. The summed E-state index contributed by atoms with van der Waals surface area (Å²) in [6.07, 6.45) is 7.73. The Morgan fingerprint density at radius 1 is 0.614 bits per heavy atom. The third-order valence-corrected chi connectivity index (χ3v) is 9.54. The number of H-pyrrole nitrogens is 2. The van der Waals surface area contributed by atoms with Gasteiger partial charge < -0.3 is 19.8 Å². The second-order valence-electron chi connectivity index (χ2n) is 12.4. The molecule has 0 spiro atoms. The van der Waals surface area contributed by atoms with Gasteiger partial charge in [-0.25, -0.2) is 9.97 Å². The van der Waals surface area contributed by atoms with Crippen molar-refractivity contribution < 1.29 is 9.59 Å². The van der Waals surface area contributed by atoms with Gasteiger partial charge in [-0.2, -0.15) is 0 Å². The number of hydrogen-bond acceptors (Lipinski definition) is 4. The first kappa shape index (κ1) is 28.1. The van der Waals surface area contributed by atoms with Gasteiger partial charge in [0.1, 0.15) is 11.6 Å². The van der Waals surface area contributed by atoms with E-state index in [0.29, 0.717) is 0 Å². The summed E-state index contributed by atoms with van der Waals surface area (Å²) >= 11 is 0. The number of fused-ring (bicyclic) bond motifs is 1. The SMILES string of the molecule is CC(=O)N1[C@@H](C)CC[C@H]1c1nc(-c2ccc(-c3ccc4cc(-c5c[nH]c([C@@H]6CC[C@H](C)N6C(C)=O)n5)ccc4c3)cc2)c[nH]1. The molecule has 0 radical (unpaired) electrons. The van der Waals surface area contributed by atoms with Gasteiger partial charge in [0.05, 0.1) is 23.5 Å². The highest BCUT2D eigenvalue weighted by atomic mass is 16.2. The molecule has 2 aliphatic rings. The van der Waals surface area contributed by atoms with Crippen LogP contribution in [-0.2, 0) is 9.59 Å². The topological polar surface area (TPSA) is 98.0 Å². The Balaban J connectivity index is 1.08. The summed E-state index contributed by atoms with van der Waals surface area (Å²) in [6, 6.07) is 22.0. The van der Waals surface area contributed by atoms with Crippen LogP contribution in [0.2, 0.25) is 0 Å². The Morgan fingerprint density at radius 2 is 1.05 bits per heavy atom. The fourth-order valence-electron chi connectivity index (χ4n) is 7.29. The third kappa shape index (κ3) is 4.98. The Hall–Kier alpha value is -4.72. The molecule has 3 aromatic carbocycles. The molecule has 7 rings (SSSR count). The van der Waals surface area contributed by atoms with Crippen LogP contribution in [-0.4, -0.2) is 53.6 Å². The lowest BCUT2D eigenvalue weighted by atomic mass is 9.98. The minimum absolute atomic E-state index is 0.00828. The lowest BCUT2D eigenvalue weighted by molar-refractivity contribution is -0.132. The highest BCUT2D eigenvalue weighted by Crippen LogP contribution is 2.37. The van der Waals surface area contributed by atoms with Crippen molar-refractivity contribution >= 4 is 22.6 Å². The molecule has 44 heavy (non-hydrogen) atoms. The predicted molar refractivity (Wildman–Crippen MR) is 172 cm³/mol. The van der Waals surface area contributed by atoms with E-state index in [-0.39, 0.29) is 36.0 Å². The van der Waals surface area contributed by atoms with E-state index in [1.54, 1.807) is 13.8 Å². The molecular formula is C36H38N6O2. The van der Waals surface area contributed by atoms with Crippen LogP contribution in [0, 0.1) is 0 Å². The summed E-state index contributed by atoms with van der Waals surface area (Å²) in [5, 5.41) is 2.31. The van der Waals surface area contributed by atoms with Crippen molar-refractivity contribution in [1.82, 2.24) is 29.7 Å². The molecule has 224 valence electrons. The monoisotopic (exact) mass is 586 g/mol. The van der Waals surface area contributed by atoms with Crippen molar-refractivity contribution in [2.24, 2.45) is 0 Å². The van der Waals surface area contributed by atoms with Crippen LogP contribution in [0.4, 0.5) is 0 Å². The molecule has 4 heterocycles. The number of nitrogens with one attached hydrogen (secondary N) is 2. The van der Waals surface area contributed by atoms with Crippen LogP contribution in [0.3, 0.4) is 0 Å². The van der Waals surface area contributed by atoms with E-state index in [9.17, 15) is 9.59 Å². The van der Waals surface area contributed by atoms with Crippen LogP contribution in [0.15, 0.2) is 73.1 Å². The number of aromatic nitrogens is 4. The second kappa shape index (κ2) is 11.1. The molecule has 5 aromatic rings. The standard InChI is InChI=1S/C36H38N6O2/c1-21-5-15-33(41(21)23(3)43)35-37-19-31(39-35)26-9-7-25(8-10-26)27-11-12-29-18-30(14-13-28(29)17-27)32-20-38-36(40-32)34-16-6-22(2)42(34)24(4)44/h7-14,17-22,33-34H,5-6,15-16H2,1-4H3,(H,37,39)(H,38,40)/t21-,22-,33-,34-/m0/s1. The molecule has 2 fully saturated rings. The highest BCUT2D eigenvalue weighted by molar-refractivity contribution is 5.90. The molecule has 0 aliphatic carbocycles. The number of rotatable bonds is 5. The lowest BCUT2D eigenvalue weighted by Crippen LogP contribution is -2.34. The van der Waals surface area contributed by atoms with Gasteiger partial charge in [0.25, 0.3) is 0 Å². The van der Waals surface area contributed by atoms with Crippen molar-refractivity contribution in [2.75, 3.05) is 0 Å². The number of nitrogens with zero attached hydrogens (tertiary/aromatic N) is 4. The van der Waals surface area contributed by atoms with Gasteiger partial charge in [-0.3, -0.25) is 9.59 Å². The van der Waals surface area contributed by atoms with Crippen molar-refractivity contribution in [3.05, 3.63) is 84.7 Å². The van der Waals surface area contributed by atoms with Gasteiger partial charge in [0.15, 0.2) is 0 Å². The number of carbonyl (C=O) groups is 2. The maximum Gasteiger partial charge on any atom is 0.220 e. The summed E-state index contributed by atoms with van der Waals surface area (Å²) in [5.74, 6) is 1.91. The Morgan fingerprint density at radius 3 is 1.57 bits per heavy atom. The summed E-state index contributed by atoms with van der Waals surface area (Å²) in [5.41, 5.74) is 6.16. The zero-order valence-electron chi connectivity index (χ0n) is 25.7. The van der Waals surface area contributed by atoms with E-state index in [2.05, 4.69) is 84.5 Å². The molecule has 0 bridgehead atoms. The first-order valence-electron chi connectivity index (χ1n) is 15.6. The minimum Gasteiger partial charge on any atom is -0.346 e. The number of imidazole rings is 2. The van der Waals surface area contributed by atoms with Gasteiger partial charge in [0, 0.05) is 49.5 Å². The van der Waals surface area contributed by atoms with E-state index < -0.39 is 0 Å². The fraction of sp³-hybridized carbons (Fsp3) is 0.333. The summed E-state index contributed by atoms with van der Waals surface area (Å²) in [4.78, 5) is 44.8. The van der Waals surface area contributed by atoms with Crippen molar-refractivity contribution in [2.45, 2.75) is 77.5 Å². The molecule has 2 amide bonds. The van der Waals surface area contributed by atoms with Crippen LogP contribution >= 0.6 is 0 Å². The van der Waals surface area contributed by atoms with Crippen LogP contribution in [0.1, 0.15) is 77.1 Å². The summed E-state index contributed by atoms with van der Waals surface area (Å²) < 4.78 is 0. The molecule has 2 N–H and O–H groups in total. The van der Waals surface area contributed by atoms with Crippen LogP contribution < -0.4 is 0 Å².